The molecule has 0 aliphatic carbocycles. The molecule has 0 saturated carbocycles. The summed E-state index contributed by atoms with van der Waals surface area (Å²) in [7, 11) is 0. The van der Waals surface area contributed by atoms with Crippen LogP contribution in [0.4, 0.5) is 0 Å². The number of rotatable bonds is 2. The van der Waals surface area contributed by atoms with E-state index < -0.39 is 5.76 Å². The third-order valence-corrected chi connectivity index (χ3v) is 3.10. The Morgan fingerprint density at radius 2 is 2.06 bits per heavy atom. The zero-order valence-corrected chi connectivity index (χ0v) is 9.40. The fraction of sp³-hybridized carbons (Fsp3) is 0. The standard InChI is InChI=1S/C11H7N3O2S/c15-11-13-9(14-16-11)8-6-17-10(12-8)7-4-2-1-3-5-7/h1-6H,(H,13,14,15). The number of benzene rings is 1. The molecule has 0 atom stereocenters. The van der Waals surface area contributed by atoms with E-state index in [9.17, 15) is 4.79 Å². The summed E-state index contributed by atoms with van der Waals surface area (Å²) in [5, 5.41) is 6.30. The molecule has 3 aromatic rings. The minimum absolute atomic E-state index is 0.355. The second-order valence-electron chi connectivity index (χ2n) is 3.35. The van der Waals surface area contributed by atoms with Gasteiger partial charge in [0.05, 0.1) is 0 Å². The number of aromatic nitrogens is 3. The lowest BCUT2D eigenvalue weighted by molar-refractivity contribution is 0.388. The van der Waals surface area contributed by atoms with Crippen LogP contribution in [0, 0.1) is 0 Å². The van der Waals surface area contributed by atoms with Gasteiger partial charge in [0, 0.05) is 10.9 Å². The third kappa shape index (κ3) is 1.90. The summed E-state index contributed by atoms with van der Waals surface area (Å²) in [6, 6.07) is 9.82. The van der Waals surface area contributed by atoms with Crippen molar-refractivity contribution >= 4 is 11.3 Å². The van der Waals surface area contributed by atoms with Crippen LogP contribution in [0.15, 0.2) is 45.0 Å². The Kier molecular flexibility index (Phi) is 2.34. The molecular formula is C11H7N3O2S. The van der Waals surface area contributed by atoms with Crippen molar-refractivity contribution in [2.45, 2.75) is 0 Å². The molecule has 0 amide bonds. The molecule has 1 aromatic carbocycles. The lowest BCUT2D eigenvalue weighted by Crippen LogP contribution is -1.94. The number of nitrogens with zero attached hydrogens (tertiary/aromatic N) is 2. The van der Waals surface area contributed by atoms with Crippen LogP contribution >= 0.6 is 11.3 Å². The number of nitrogens with one attached hydrogen (secondary N) is 1. The van der Waals surface area contributed by atoms with Crippen LogP contribution in [-0.2, 0) is 0 Å². The SMILES string of the molecule is O=c1[nH]c(-c2csc(-c3ccccc3)n2)no1. The van der Waals surface area contributed by atoms with Crippen molar-refractivity contribution in [3.63, 3.8) is 0 Å². The first-order chi connectivity index (χ1) is 8.33. The predicted molar refractivity (Wildman–Crippen MR) is 63.7 cm³/mol. The van der Waals surface area contributed by atoms with Crippen molar-refractivity contribution < 1.29 is 4.52 Å². The monoisotopic (exact) mass is 245 g/mol. The van der Waals surface area contributed by atoms with Crippen molar-refractivity contribution in [1.29, 1.82) is 0 Å². The highest BCUT2D eigenvalue weighted by molar-refractivity contribution is 7.13. The van der Waals surface area contributed by atoms with Gasteiger partial charge in [0.2, 0.25) is 5.82 Å². The molecule has 0 saturated heterocycles. The zero-order chi connectivity index (χ0) is 11.7. The van der Waals surface area contributed by atoms with E-state index >= 15 is 0 Å². The maximum absolute atomic E-state index is 10.8. The van der Waals surface area contributed by atoms with Gasteiger partial charge in [-0.2, -0.15) is 0 Å². The molecule has 0 spiro atoms. The maximum Gasteiger partial charge on any atom is 0.439 e. The van der Waals surface area contributed by atoms with Gasteiger partial charge in [0.1, 0.15) is 10.7 Å². The number of H-pyrrole nitrogens is 1. The molecule has 2 heterocycles. The van der Waals surface area contributed by atoms with E-state index in [0.29, 0.717) is 11.5 Å². The van der Waals surface area contributed by atoms with Gasteiger partial charge >= 0.3 is 5.76 Å². The summed E-state index contributed by atoms with van der Waals surface area (Å²) >= 11 is 1.49. The summed E-state index contributed by atoms with van der Waals surface area (Å²) < 4.78 is 4.44. The molecule has 0 aliphatic rings. The van der Waals surface area contributed by atoms with Gasteiger partial charge < -0.3 is 0 Å². The predicted octanol–water partition coefficient (Wildman–Crippen LogP) is 2.15. The summed E-state index contributed by atoms with van der Waals surface area (Å²) in [4.78, 5) is 17.7. The highest BCUT2D eigenvalue weighted by Crippen LogP contribution is 2.26. The molecule has 84 valence electrons. The molecule has 17 heavy (non-hydrogen) atoms. The van der Waals surface area contributed by atoms with Crippen LogP contribution in [0.5, 0.6) is 0 Å². The number of aromatic amines is 1. The van der Waals surface area contributed by atoms with E-state index in [-0.39, 0.29) is 0 Å². The van der Waals surface area contributed by atoms with Crippen molar-refractivity contribution in [3.05, 3.63) is 46.3 Å². The molecule has 0 aliphatic heterocycles. The van der Waals surface area contributed by atoms with Gasteiger partial charge in [-0.3, -0.25) is 9.51 Å². The average Bonchev–Trinajstić information content (AvgIpc) is 2.98. The second kappa shape index (κ2) is 3.99. The normalized spacial score (nSPS) is 10.6. The average molecular weight is 245 g/mol. The summed E-state index contributed by atoms with van der Waals surface area (Å²) in [6.07, 6.45) is 0. The zero-order valence-electron chi connectivity index (χ0n) is 8.58. The molecule has 0 unspecified atom stereocenters. The van der Waals surface area contributed by atoms with E-state index in [1.54, 1.807) is 0 Å². The first kappa shape index (κ1) is 9.98. The van der Waals surface area contributed by atoms with Crippen LogP contribution in [0.2, 0.25) is 0 Å². The first-order valence-electron chi connectivity index (χ1n) is 4.90. The lowest BCUT2D eigenvalue weighted by Gasteiger charge is -1.92. The van der Waals surface area contributed by atoms with Crippen LogP contribution in [0.1, 0.15) is 0 Å². The van der Waals surface area contributed by atoms with Gasteiger partial charge in [-0.25, -0.2) is 9.78 Å². The quantitative estimate of drug-likeness (QED) is 0.750. The minimum Gasteiger partial charge on any atom is -0.296 e. The third-order valence-electron chi connectivity index (χ3n) is 2.21. The van der Waals surface area contributed by atoms with Crippen LogP contribution < -0.4 is 5.76 Å². The topological polar surface area (TPSA) is 71.8 Å². The molecule has 0 fully saturated rings. The Morgan fingerprint density at radius 1 is 1.24 bits per heavy atom. The summed E-state index contributed by atoms with van der Waals surface area (Å²) in [6.45, 7) is 0. The van der Waals surface area contributed by atoms with Crippen molar-refractivity contribution in [1.82, 2.24) is 15.1 Å². The smallest absolute Gasteiger partial charge is 0.296 e. The largest absolute Gasteiger partial charge is 0.439 e. The number of thiazole rings is 1. The molecule has 6 heteroatoms. The van der Waals surface area contributed by atoms with Crippen molar-refractivity contribution in [2.24, 2.45) is 0 Å². The highest BCUT2D eigenvalue weighted by Gasteiger charge is 2.09. The van der Waals surface area contributed by atoms with E-state index in [1.165, 1.54) is 11.3 Å². The Morgan fingerprint density at radius 3 is 2.76 bits per heavy atom. The second-order valence-corrected chi connectivity index (χ2v) is 4.21. The van der Waals surface area contributed by atoms with Gasteiger partial charge in [-0.05, 0) is 0 Å². The molecule has 0 radical (unpaired) electrons. The van der Waals surface area contributed by atoms with E-state index in [1.807, 2.05) is 35.7 Å². The minimum atomic E-state index is -0.575. The van der Waals surface area contributed by atoms with Crippen LogP contribution in [0.3, 0.4) is 0 Å². The Hall–Kier alpha value is -2.21. The molecule has 0 bridgehead atoms. The lowest BCUT2D eigenvalue weighted by atomic mass is 10.2. The van der Waals surface area contributed by atoms with Crippen LogP contribution in [0.25, 0.3) is 22.1 Å². The van der Waals surface area contributed by atoms with E-state index in [4.69, 9.17) is 0 Å². The van der Waals surface area contributed by atoms with Crippen molar-refractivity contribution in [2.75, 3.05) is 0 Å². The van der Waals surface area contributed by atoms with Gasteiger partial charge in [-0.1, -0.05) is 35.5 Å². The van der Waals surface area contributed by atoms with Gasteiger partial charge in [-0.15, -0.1) is 11.3 Å². The Labute approximate surface area is 99.8 Å². The molecule has 3 rings (SSSR count). The highest BCUT2D eigenvalue weighted by atomic mass is 32.1. The van der Waals surface area contributed by atoms with E-state index in [2.05, 4.69) is 19.6 Å². The van der Waals surface area contributed by atoms with Crippen molar-refractivity contribution in [3.8, 4) is 22.1 Å². The molecule has 5 nitrogen and oxygen atoms in total. The summed E-state index contributed by atoms with van der Waals surface area (Å²) in [5.41, 5.74) is 1.65. The van der Waals surface area contributed by atoms with Gasteiger partial charge in [0.25, 0.3) is 0 Å². The first-order valence-corrected chi connectivity index (χ1v) is 5.78. The van der Waals surface area contributed by atoms with Gasteiger partial charge in [0.15, 0.2) is 0 Å². The molecule has 1 N–H and O–H groups in total. The molecular weight excluding hydrogens is 238 g/mol. The van der Waals surface area contributed by atoms with E-state index in [0.717, 1.165) is 10.6 Å². The fourth-order valence-electron chi connectivity index (χ4n) is 1.44. The number of hydrogen-bond acceptors (Lipinski definition) is 5. The summed E-state index contributed by atoms with van der Waals surface area (Å²) in [5.74, 6) is -0.220. The number of hydrogen-bond donors (Lipinski definition) is 1. The van der Waals surface area contributed by atoms with Crippen LogP contribution in [-0.4, -0.2) is 15.1 Å². The Balaban J connectivity index is 2.01. The molecule has 2 aromatic heterocycles. The fourth-order valence-corrected chi connectivity index (χ4v) is 2.25. The maximum atomic E-state index is 10.8. The Bertz CT molecular complexity index is 684.